The molecule has 0 spiro atoms. The highest BCUT2D eigenvalue weighted by atomic mass is 28.3. The average Bonchev–Trinajstić information content (AvgIpc) is 3.70. The van der Waals surface area contributed by atoms with Crippen LogP contribution >= 0.6 is 0 Å². The number of rotatable bonds is 11. The molecule has 2 aromatic carbocycles. The molecule has 5 heterocycles. The molecule has 3 aliphatic rings. The van der Waals surface area contributed by atoms with Crippen molar-refractivity contribution in [3.05, 3.63) is 59.3 Å². The highest BCUT2D eigenvalue weighted by Crippen LogP contribution is 2.45. The van der Waals surface area contributed by atoms with Crippen molar-refractivity contribution in [2.45, 2.75) is 129 Å². The van der Waals surface area contributed by atoms with Gasteiger partial charge in [-0.25, -0.2) is 18.6 Å². The second-order valence-electron chi connectivity index (χ2n) is 19.6. The lowest BCUT2D eigenvalue weighted by Crippen LogP contribution is -2.49. The Labute approximate surface area is 380 Å². The summed E-state index contributed by atoms with van der Waals surface area (Å²) in [6.45, 7) is 19.7. The fourth-order valence-corrected chi connectivity index (χ4v) is 15.5. The number of halogens is 4. The van der Waals surface area contributed by atoms with Crippen molar-refractivity contribution in [1.29, 1.82) is 0 Å². The Morgan fingerprint density at radius 2 is 1.66 bits per heavy atom. The van der Waals surface area contributed by atoms with Crippen LogP contribution in [0, 0.1) is 23.1 Å². The zero-order chi connectivity index (χ0) is 47.0. The van der Waals surface area contributed by atoms with E-state index >= 15 is 8.78 Å². The van der Waals surface area contributed by atoms with E-state index in [9.17, 15) is 13.6 Å². The highest BCUT2D eigenvalue weighted by molar-refractivity contribution is 6.90. The quantitative estimate of drug-likeness (QED) is 0.0625. The topological polar surface area (TPSA) is 102 Å². The number of fused-ring (bicyclic) bond motifs is 3. The summed E-state index contributed by atoms with van der Waals surface area (Å²) in [4.78, 5) is 30.1. The van der Waals surface area contributed by atoms with Crippen LogP contribution in [0.5, 0.6) is 11.8 Å². The summed E-state index contributed by atoms with van der Waals surface area (Å²) in [5.41, 5.74) is 3.03. The lowest BCUT2D eigenvalue weighted by atomic mass is 9.94. The second kappa shape index (κ2) is 19.1. The van der Waals surface area contributed by atoms with E-state index in [1.54, 1.807) is 44.0 Å². The molecule has 0 N–H and O–H groups in total. The van der Waals surface area contributed by atoms with E-state index in [1.807, 2.05) is 4.90 Å². The van der Waals surface area contributed by atoms with Gasteiger partial charge in [-0.3, -0.25) is 14.9 Å². The zero-order valence-corrected chi connectivity index (χ0v) is 40.3. The smallest absolute Gasteiger partial charge is 0.429 e. The number of carbonyl (C=O) groups excluding carboxylic acids is 1. The molecule has 11 nitrogen and oxygen atoms in total. The van der Waals surface area contributed by atoms with E-state index < -0.39 is 43.0 Å². The van der Waals surface area contributed by atoms with Crippen LogP contribution in [0.1, 0.15) is 106 Å². The number of anilines is 1. The van der Waals surface area contributed by atoms with Crippen LogP contribution < -0.4 is 14.5 Å². The number of methoxy groups -OCH3 is 1. The number of ether oxygens (including phenoxy) is 4. The van der Waals surface area contributed by atoms with Crippen molar-refractivity contribution >= 4 is 41.7 Å². The summed E-state index contributed by atoms with van der Waals surface area (Å²) in [7, 11) is -0.876. The third-order valence-corrected chi connectivity index (χ3v) is 19.6. The predicted octanol–water partition coefficient (Wildman–Crippen LogP) is 11.6. The minimum Gasteiger partial charge on any atom is -0.468 e. The van der Waals surface area contributed by atoms with Crippen molar-refractivity contribution in [3.63, 3.8) is 0 Å². The minimum atomic E-state index is -2.36. The molecular weight excluding hydrogens is 857 g/mol. The van der Waals surface area contributed by atoms with Gasteiger partial charge >= 0.3 is 12.1 Å². The first-order valence-electron chi connectivity index (χ1n) is 22.8. The van der Waals surface area contributed by atoms with Crippen molar-refractivity contribution in [1.82, 2.24) is 24.9 Å². The number of hydrogen-bond donors (Lipinski definition) is 0. The predicted molar refractivity (Wildman–Crippen MR) is 248 cm³/mol. The van der Waals surface area contributed by atoms with Gasteiger partial charge in [-0.15, -0.1) is 5.54 Å². The number of pyridine rings is 1. The molecule has 7 rings (SSSR count). The van der Waals surface area contributed by atoms with Gasteiger partial charge in [-0.2, -0.15) is 18.7 Å². The first-order valence-corrected chi connectivity index (χ1v) is 25.0. The maximum absolute atomic E-state index is 18.0. The van der Waals surface area contributed by atoms with E-state index in [4.69, 9.17) is 28.9 Å². The molecule has 1 amide bonds. The van der Waals surface area contributed by atoms with Crippen LogP contribution in [0.15, 0.2) is 42.1 Å². The Kier molecular flexibility index (Phi) is 14.1. The summed E-state index contributed by atoms with van der Waals surface area (Å²) >= 11 is 0. The van der Waals surface area contributed by atoms with Gasteiger partial charge in [0.15, 0.2) is 18.4 Å². The Balaban J connectivity index is 1.46. The van der Waals surface area contributed by atoms with Gasteiger partial charge in [0.25, 0.3) is 6.08 Å². The summed E-state index contributed by atoms with van der Waals surface area (Å²) in [5, 5.41) is 4.22. The lowest BCUT2D eigenvalue weighted by molar-refractivity contribution is 0.0232. The molecule has 3 saturated heterocycles. The average molecular weight is 919 g/mol. The number of aromatic nitrogens is 3. The fraction of sp³-hybridized carbons (Fsp3) is 0.551. The molecule has 0 bridgehead atoms. The summed E-state index contributed by atoms with van der Waals surface area (Å²) in [6, 6.07) is 6.11. The first-order chi connectivity index (χ1) is 30.8. The zero-order valence-electron chi connectivity index (χ0n) is 39.3. The van der Waals surface area contributed by atoms with Gasteiger partial charge < -0.3 is 18.9 Å². The third kappa shape index (κ3) is 9.51. The molecule has 0 aliphatic carbocycles. The molecule has 3 fully saturated rings. The summed E-state index contributed by atoms with van der Waals surface area (Å²) in [5.74, 6) is 2.38. The molecule has 1 atom stereocenters. The van der Waals surface area contributed by atoms with Gasteiger partial charge in [0.05, 0.1) is 16.5 Å². The van der Waals surface area contributed by atoms with Gasteiger partial charge in [0, 0.05) is 49.5 Å². The van der Waals surface area contributed by atoms with Crippen LogP contribution in [0.25, 0.3) is 32.9 Å². The van der Waals surface area contributed by atoms with Gasteiger partial charge in [-0.1, -0.05) is 53.5 Å². The van der Waals surface area contributed by atoms with Crippen LogP contribution in [-0.2, 0) is 9.47 Å². The standard InChI is InChI=1S/C49H62F4N6O5Si/c1-30(2)65(31(3)4,32(5)6)22-17-36-39(50)16-15-33-23-35(63-29-61-10)24-37(40(33)36)42-41(51)43-38(26-54-42)45(58-20-12-11-13-21-59(58)47(60)64-48(7,8)9)56-46(55-43)62-28-49-18-14-19-57(49)27-34(25-49)44(52)53/h15-16,23-24,26,30-32H,11-14,18-21,25,27-29H2,1-10H3. The van der Waals surface area contributed by atoms with E-state index in [0.29, 0.717) is 55.4 Å². The van der Waals surface area contributed by atoms with Crippen molar-refractivity contribution in [3.8, 4) is 34.5 Å². The Hall–Kier alpha value is -4.98. The lowest BCUT2D eigenvalue weighted by Gasteiger charge is -2.38. The third-order valence-electron chi connectivity index (χ3n) is 13.3. The summed E-state index contributed by atoms with van der Waals surface area (Å²) in [6.07, 6.45) is 2.89. The largest absolute Gasteiger partial charge is 0.468 e. The Morgan fingerprint density at radius 1 is 0.938 bits per heavy atom. The van der Waals surface area contributed by atoms with Crippen LogP contribution in [-0.4, -0.2) is 96.9 Å². The molecule has 350 valence electrons. The molecule has 16 heteroatoms. The molecule has 0 saturated carbocycles. The fourth-order valence-electron chi connectivity index (χ4n) is 10.3. The van der Waals surface area contributed by atoms with Crippen LogP contribution in [0.2, 0.25) is 16.6 Å². The van der Waals surface area contributed by atoms with Crippen molar-refractivity contribution < 1.29 is 41.3 Å². The number of hydrazine groups is 1. The van der Waals surface area contributed by atoms with E-state index in [0.717, 1.165) is 12.8 Å². The molecular formula is C49H62F4N6O5Si. The van der Waals surface area contributed by atoms with E-state index in [1.165, 1.54) is 24.4 Å². The molecule has 3 aliphatic heterocycles. The highest BCUT2D eigenvalue weighted by Gasteiger charge is 2.48. The normalized spacial score (nSPS) is 18.4. The van der Waals surface area contributed by atoms with Crippen molar-refractivity contribution in [2.75, 3.05) is 51.7 Å². The van der Waals surface area contributed by atoms with E-state index in [2.05, 4.69) is 58.0 Å². The number of amides is 1. The number of benzene rings is 2. The molecule has 2 aromatic heterocycles. The van der Waals surface area contributed by atoms with Crippen molar-refractivity contribution in [2.24, 2.45) is 0 Å². The van der Waals surface area contributed by atoms with Gasteiger partial charge in [0.1, 0.15) is 43.1 Å². The maximum Gasteiger partial charge on any atom is 0.429 e. The maximum atomic E-state index is 18.0. The Morgan fingerprint density at radius 3 is 2.34 bits per heavy atom. The first kappa shape index (κ1) is 48.0. The molecule has 4 aromatic rings. The number of nitrogens with zero attached hydrogens (tertiary/aromatic N) is 6. The monoisotopic (exact) mass is 918 g/mol. The number of carbonyl (C=O) groups is 1. The van der Waals surface area contributed by atoms with Crippen LogP contribution in [0.4, 0.5) is 28.2 Å². The van der Waals surface area contributed by atoms with Crippen LogP contribution in [0.3, 0.4) is 0 Å². The molecule has 1 unspecified atom stereocenters. The van der Waals surface area contributed by atoms with E-state index in [-0.39, 0.29) is 88.1 Å². The Bertz CT molecular complexity index is 2510. The minimum absolute atomic E-state index is 0.0250. The second-order valence-corrected chi connectivity index (χ2v) is 25.1. The SMILES string of the molecule is COCOc1cc(-c2ncc3c(N4CCCCCN4C(=O)OC(C)(C)C)nc(OCC45CCCN4CC(=C(F)F)C5)nc3c2F)c2c(C#C[Si](C(C)C)(C(C)C)C(C)C)c(F)ccc2c1. The molecule has 0 radical (unpaired) electrons. The van der Waals surface area contributed by atoms with Gasteiger partial charge in [-0.05, 0) is 106 Å². The number of hydrogen-bond acceptors (Lipinski definition) is 10. The molecule has 65 heavy (non-hydrogen) atoms. The van der Waals surface area contributed by atoms with Gasteiger partial charge in [0.2, 0.25) is 0 Å². The summed E-state index contributed by atoms with van der Waals surface area (Å²) < 4.78 is 85.6.